The highest BCUT2D eigenvalue weighted by molar-refractivity contribution is 7.91. The van der Waals surface area contributed by atoms with E-state index in [2.05, 4.69) is 20.8 Å². The molecule has 36 heavy (non-hydrogen) atoms. The molecular formula is C25H26Cl2N4O4S. The summed E-state index contributed by atoms with van der Waals surface area (Å²) in [5, 5.41) is 9.96. The quantitative estimate of drug-likeness (QED) is 0.334. The molecule has 2 aromatic carbocycles. The molecule has 0 fully saturated rings. The van der Waals surface area contributed by atoms with Crippen molar-refractivity contribution in [3.8, 4) is 17.6 Å². The van der Waals surface area contributed by atoms with Crippen LogP contribution < -0.4 is 14.2 Å². The van der Waals surface area contributed by atoms with Gasteiger partial charge in [0, 0.05) is 11.6 Å². The molecule has 1 N–H and O–H groups in total. The highest BCUT2D eigenvalue weighted by Crippen LogP contribution is 2.38. The zero-order chi connectivity index (χ0) is 26.5. The summed E-state index contributed by atoms with van der Waals surface area (Å²) in [6.07, 6.45) is 2.04. The van der Waals surface area contributed by atoms with Gasteiger partial charge < -0.3 is 9.47 Å². The average molecular weight is 549 g/mol. The minimum absolute atomic E-state index is 0.0166. The molecule has 0 aliphatic heterocycles. The van der Waals surface area contributed by atoms with Crippen molar-refractivity contribution < 1.29 is 17.9 Å². The second kappa shape index (κ2) is 11.3. The Balaban J connectivity index is 1.80. The lowest BCUT2D eigenvalue weighted by Gasteiger charge is -2.27. The monoisotopic (exact) mass is 548 g/mol. The number of anilines is 1. The molecule has 0 radical (unpaired) electrons. The second-order valence-corrected chi connectivity index (χ2v) is 11.1. The molecule has 8 nitrogen and oxygen atoms in total. The Bertz CT molecular complexity index is 1370. The summed E-state index contributed by atoms with van der Waals surface area (Å²) in [6.45, 7) is 6.14. The van der Waals surface area contributed by atoms with Crippen LogP contribution in [0.15, 0.2) is 48.7 Å². The van der Waals surface area contributed by atoms with Crippen molar-refractivity contribution >= 4 is 39.2 Å². The highest BCUT2D eigenvalue weighted by Gasteiger charge is 2.26. The van der Waals surface area contributed by atoms with Gasteiger partial charge in [-0.3, -0.25) is 4.72 Å². The summed E-state index contributed by atoms with van der Waals surface area (Å²) in [5.41, 5.74) is 2.24. The topological polar surface area (TPSA) is 114 Å². The Morgan fingerprint density at radius 2 is 1.86 bits per heavy atom. The minimum atomic E-state index is -3.49. The Labute approximate surface area is 221 Å². The summed E-state index contributed by atoms with van der Waals surface area (Å²) in [4.78, 5) is 8.14. The third-order valence-electron chi connectivity index (χ3n) is 5.47. The molecule has 0 amide bonds. The largest absolute Gasteiger partial charge is 0.489 e. The number of nitrogens with one attached hydrogen (secondary N) is 1. The van der Waals surface area contributed by atoms with Crippen molar-refractivity contribution in [1.82, 2.24) is 9.97 Å². The van der Waals surface area contributed by atoms with Gasteiger partial charge in [0.25, 0.3) is 0 Å². The van der Waals surface area contributed by atoms with E-state index in [1.54, 1.807) is 18.2 Å². The molecule has 0 saturated heterocycles. The highest BCUT2D eigenvalue weighted by atomic mass is 35.5. The molecule has 1 unspecified atom stereocenters. The molecule has 1 atom stereocenters. The van der Waals surface area contributed by atoms with E-state index in [0.29, 0.717) is 27.8 Å². The van der Waals surface area contributed by atoms with Crippen LogP contribution in [0.25, 0.3) is 0 Å². The summed E-state index contributed by atoms with van der Waals surface area (Å²) in [6, 6.07) is 15.0. The Hall–Kier alpha value is -3.06. The fourth-order valence-electron chi connectivity index (χ4n) is 3.52. The first kappa shape index (κ1) is 27.5. The van der Waals surface area contributed by atoms with Crippen molar-refractivity contribution in [3.05, 3.63) is 76.1 Å². The fraction of sp³-hybridized carbons (Fsp3) is 0.320. The number of ether oxygens (including phenoxy) is 2. The number of rotatable bonds is 10. The molecule has 0 bridgehead atoms. The predicted octanol–water partition coefficient (Wildman–Crippen LogP) is 5.46. The predicted molar refractivity (Wildman–Crippen MR) is 140 cm³/mol. The van der Waals surface area contributed by atoms with Crippen LogP contribution in [0.2, 0.25) is 5.02 Å². The standard InChI is InChI=1S/C25H26Cl2N4O4S/c1-16(22-9-11-29-24(30-22)31-36(4,32)33)35-20-7-5-18(6-8-20)25(2,3)19-13-17(15-28)23(21(27)14-19)34-12-10-26/h5-9,11,13-14,16H,10,12H2,1-4H3,(H,29,30,31). The Morgan fingerprint density at radius 1 is 1.17 bits per heavy atom. The molecular weight excluding hydrogens is 523 g/mol. The third-order valence-corrected chi connectivity index (χ3v) is 6.46. The molecule has 190 valence electrons. The molecule has 1 aromatic heterocycles. The SMILES string of the molecule is CC(Oc1ccc(C(C)(C)c2cc(Cl)c(OCCCl)c(C#N)c2)cc1)c1ccnc(NS(C)(=O)=O)n1. The van der Waals surface area contributed by atoms with Crippen molar-refractivity contribution in [3.63, 3.8) is 0 Å². The number of nitrogens with zero attached hydrogens (tertiary/aromatic N) is 3. The van der Waals surface area contributed by atoms with E-state index in [1.165, 1.54) is 6.20 Å². The van der Waals surface area contributed by atoms with Crippen LogP contribution in [0.1, 0.15) is 49.3 Å². The van der Waals surface area contributed by atoms with E-state index in [4.69, 9.17) is 32.7 Å². The van der Waals surface area contributed by atoms with Gasteiger partial charge in [-0.15, -0.1) is 11.6 Å². The molecule has 3 rings (SSSR count). The average Bonchev–Trinajstić information content (AvgIpc) is 2.82. The summed E-state index contributed by atoms with van der Waals surface area (Å²) in [7, 11) is -3.49. The number of nitriles is 1. The minimum Gasteiger partial charge on any atom is -0.489 e. The lowest BCUT2D eigenvalue weighted by atomic mass is 9.77. The molecule has 1 heterocycles. The van der Waals surface area contributed by atoms with E-state index in [1.807, 2.05) is 45.0 Å². The van der Waals surface area contributed by atoms with Crippen LogP contribution in [0, 0.1) is 11.3 Å². The first-order valence-corrected chi connectivity index (χ1v) is 13.8. The Kier molecular flexibility index (Phi) is 8.67. The second-order valence-electron chi connectivity index (χ2n) is 8.57. The normalized spacial score (nSPS) is 12.5. The number of halogens is 2. The summed E-state index contributed by atoms with van der Waals surface area (Å²) < 4.78 is 36.7. The maximum atomic E-state index is 11.4. The van der Waals surface area contributed by atoms with Gasteiger partial charge in [0.15, 0.2) is 5.75 Å². The zero-order valence-electron chi connectivity index (χ0n) is 20.2. The van der Waals surface area contributed by atoms with E-state index < -0.39 is 21.5 Å². The van der Waals surface area contributed by atoms with Crippen molar-refractivity contribution in [2.45, 2.75) is 32.3 Å². The van der Waals surface area contributed by atoms with Gasteiger partial charge in [-0.2, -0.15) is 5.26 Å². The van der Waals surface area contributed by atoms with Gasteiger partial charge in [-0.25, -0.2) is 18.4 Å². The van der Waals surface area contributed by atoms with E-state index >= 15 is 0 Å². The van der Waals surface area contributed by atoms with E-state index in [9.17, 15) is 13.7 Å². The number of hydrogen-bond donors (Lipinski definition) is 1. The number of aromatic nitrogens is 2. The first-order chi connectivity index (χ1) is 16.9. The summed E-state index contributed by atoms with van der Waals surface area (Å²) >= 11 is 12.1. The van der Waals surface area contributed by atoms with Gasteiger partial charge in [-0.05, 0) is 48.4 Å². The maximum absolute atomic E-state index is 11.4. The molecule has 0 aliphatic carbocycles. The van der Waals surface area contributed by atoms with Crippen LogP contribution in [0.4, 0.5) is 5.95 Å². The van der Waals surface area contributed by atoms with Gasteiger partial charge in [0.05, 0.1) is 28.4 Å². The van der Waals surface area contributed by atoms with Crippen molar-refractivity contribution in [2.24, 2.45) is 0 Å². The van der Waals surface area contributed by atoms with E-state index in [-0.39, 0.29) is 18.4 Å². The molecule has 11 heteroatoms. The molecule has 3 aromatic rings. The molecule has 0 spiro atoms. The number of alkyl halides is 1. The van der Waals surface area contributed by atoms with Crippen LogP contribution >= 0.6 is 23.2 Å². The van der Waals surface area contributed by atoms with Crippen LogP contribution in [0.3, 0.4) is 0 Å². The van der Waals surface area contributed by atoms with Gasteiger partial charge in [0.1, 0.15) is 24.5 Å². The van der Waals surface area contributed by atoms with Gasteiger partial charge >= 0.3 is 0 Å². The van der Waals surface area contributed by atoms with Gasteiger partial charge in [-0.1, -0.05) is 37.6 Å². The zero-order valence-corrected chi connectivity index (χ0v) is 22.6. The summed E-state index contributed by atoms with van der Waals surface area (Å²) in [5.74, 6) is 1.21. The van der Waals surface area contributed by atoms with Crippen molar-refractivity contribution in [1.29, 1.82) is 5.26 Å². The van der Waals surface area contributed by atoms with Gasteiger partial charge in [0.2, 0.25) is 16.0 Å². The fourth-order valence-corrected chi connectivity index (χ4v) is 4.30. The van der Waals surface area contributed by atoms with E-state index in [0.717, 1.165) is 17.4 Å². The smallest absolute Gasteiger partial charge is 0.236 e. The molecule has 0 aliphatic rings. The van der Waals surface area contributed by atoms with Crippen molar-refractivity contribution in [2.75, 3.05) is 23.5 Å². The number of sulfonamides is 1. The van der Waals surface area contributed by atoms with Crippen LogP contribution in [0.5, 0.6) is 11.5 Å². The van der Waals surface area contributed by atoms with Crippen LogP contribution in [-0.4, -0.2) is 37.1 Å². The molecule has 0 saturated carbocycles. The number of hydrogen-bond acceptors (Lipinski definition) is 7. The lowest BCUT2D eigenvalue weighted by Crippen LogP contribution is -2.19. The van der Waals surface area contributed by atoms with Crippen LogP contribution in [-0.2, 0) is 15.4 Å². The lowest BCUT2D eigenvalue weighted by molar-refractivity contribution is 0.222. The Morgan fingerprint density at radius 3 is 2.47 bits per heavy atom. The first-order valence-electron chi connectivity index (χ1n) is 11.0. The third kappa shape index (κ3) is 6.78. The number of benzene rings is 2. The maximum Gasteiger partial charge on any atom is 0.236 e.